The zero-order valence-corrected chi connectivity index (χ0v) is 10.8. The van der Waals surface area contributed by atoms with Crippen molar-refractivity contribution in [3.05, 3.63) is 0 Å². The Kier molecular flexibility index (Phi) is 4.56. The molecule has 90 valence electrons. The normalized spacial score (nSPS) is 28.4. The maximum absolute atomic E-state index is 5.59. The third kappa shape index (κ3) is 2.92. The minimum absolute atomic E-state index is 0.250. The second-order valence-corrected chi connectivity index (χ2v) is 5.10. The smallest absolute Gasteiger partial charge is 0.0637 e. The van der Waals surface area contributed by atoms with Gasteiger partial charge in [0.25, 0.3) is 0 Å². The minimum atomic E-state index is 0.250. The fraction of sp³-hybridized carbons (Fsp3) is 1.00. The van der Waals surface area contributed by atoms with Gasteiger partial charge in [0.05, 0.1) is 6.61 Å². The molecule has 2 atom stereocenters. The molecule has 15 heavy (non-hydrogen) atoms. The molecule has 0 aromatic heterocycles. The van der Waals surface area contributed by atoms with Crippen LogP contribution in [0.5, 0.6) is 0 Å². The molecule has 0 aromatic rings. The molecule has 0 aliphatic carbocycles. The summed E-state index contributed by atoms with van der Waals surface area (Å²) in [6, 6.07) is 1.06. The molecule has 1 N–H and O–H groups in total. The second kappa shape index (κ2) is 5.28. The first-order valence-electron chi connectivity index (χ1n) is 6.01. The Balaban J connectivity index is 2.67. The van der Waals surface area contributed by atoms with Crippen molar-refractivity contribution < 1.29 is 4.74 Å². The number of nitrogens with zero attached hydrogens (tertiary/aromatic N) is 1. The van der Waals surface area contributed by atoms with Crippen LogP contribution in [-0.4, -0.2) is 49.8 Å². The van der Waals surface area contributed by atoms with E-state index in [0.29, 0.717) is 12.1 Å². The number of nitrogens with one attached hydrogen (secondary N) is 1. The van der Waals surface area contributed by atoms with Gasteiger partial charge in [-0.2, -0.15) is 0 Å². The molecule has 0 radical (unpaired) electrons. The maximum atomic E-state index is 5.59. The molecule has 0 bridgehead atoms. The third-order valence-corrected chi connectivity index (χ3v) is 4.01. The molecule has 1 heterocycles. The van der Waals surface area contributed by atoms with Gasteiger partial charge in [-0.25, -0.2) is 0 Å². The summed E-state index contributed by atoms with van der Waals surface area (Å²) in [7, 11) is 4.27. The van der Waals surface area contributed by atoms with Gasteiger partial charge in [-0.15, -0.1) is 0 Å². The summed E-state index contributed by atoms with van der Waals surface area (Å²) >= 11 is 0. The summed E-state index contributed by atoms with van der Waals surface area (Å²) in [4.78, 5) is 2.47. The first-order valence-corrected chi connectivity index (χ1v) is 6.01. The van der Waals surface area contributed by atoms with Gasteiger partial charge in [-0.05, 0) is 40.8 Å². The fourth-order valence-corrected chi connectivity index (χ4v) is 2.14. The molecule has 3 nitrogen and oxygen atoms in total. The Hall–Kier alpha value is -0.120. The molecule has 1 saturated heterocycles. The van der Waals surface area contributed by atoms with Gasteiger partial charge in [0.15, 0.2) is 0 Å². The van der Waals surface area contributed by atoms with Crippen molar-refractivity contribution in [2.75, 3.05) is 27.3 Å². The van der Waals surface area contributed by atoms with E-state index >= 15 is 0 Å². The molecule has 1 fully saturated rings. The lowest BCUT2D eigenvalue weighted by Gasteiger charge is -2.45. The van der Waals surface area contributed by atoms with Crippen molar-refractivity contribution in [2.24, 2.45) is 0 Å². The predicted octanol–water partition coefficient (Wildman–Crippen LogP) is 1.48. The number of hydrogen-bond donors (Lipinski definition) is 1. The van der Waals surface area contributed by atoms with Crippen LogP contribution in [-0.2, 0) is 4.74 Å². The summed E-state index contributed by atoms with van der Waals surface area (Å²) in [5.41, 5.74) is 0.250. The number of ether oxygens (including phenoxy) is 1. The second-order valence-electron chi connectivity index (χ2n) is 5.10. The largest absolute Gasteiger partial charge is 0.380 e. The summed E-state index contributed by atoms with van der Waals surface area (Å²) in [5, 5.41) is 3.41. The Morgan fingerprint density at radius 1 is 1.47 bits per heavy atom. The summed E-state index contributed by atoms with van der Waals surface area (Å²) in [5.74, 6) is 0. The van der Waals surface area contributed by atoms with Gasteiger partial charge in [-0.1, -0.05) is 6.92 Å². The third-order valence-electron chi connectivity index (χ3n) is 4.01. The van der Waals surface area contributed by atoms with E-state index in [9.17, 15) is 0 Å². The highest BCUT2D eigenvalue weighted by Gasteiger charge is 2.34. The lowest BCUT2D eigenvalue weighted by atomic mass is 9.93. The number of hydrogen-bond acceptors (Lipinski definition) is 3. The van der Waals surface area contributed by atoms with Crippen LogP contribution in [0.3, 0.4) is 0 Å². The lowest BCUT2D eigenvalue weighted by Crippen LogP contribution is -2.59. The Bertz CT molecular complexity index is 194. The fourth-order valence-electron chi connectivity index (χ4n) is 2.14. The van der Waals surface area contributed by atoms with Crippen molar-refractivity contribution in [2.45, 2.75) is 51.2 Å². The van der Waals surface area contributed by atoms with Crippen molar-refractivity contribution in [1.82, 2.24) is 10.2 Å². The minimum Gasteiger partial charge on any atom is -0.380 e. The SMILES string of the molecule is CCC(C)(C)N(C)C1COCCC1NC. The van der Waals surface area contributed by atoms with Gasteiger partial charge in [-0.3, -0.25) is 4.90 Å². The highest BCUT2D eigenvalue weighted by molar-refractivity contribution is 4.91. The van der Waals surface area contributed by atoms with Gasteiger partial charge in [0.2, 0.25) is 0 Å². The van der Waals surface area contributed by atoms with Crippen molar-refractivity contribution in [3.63, 3.8) is 0 Å². The summed E-state index contributed by atoms with van der Waals surface area (Å²) in [6.07, 6.45) is 2.28. The quantitative estimate of drug-likeness (QED) is 0.767. The van der Waals surface area contributed by atoms with E-state index in [0.717, 1.165) is 26.1 Å². The van der Waals surface area contributed by atoms with E-state index in [1.54, 1.807) is 0 Å². The molecule has 1 aliphatic heterocycles. The van der Waals surface area contributed by atoms with E-state index < -0.39 is 0 Å². The van der Waals surface area contributed by atoms with E-state index in [1.807, 2.05) is 0 Å². The highest BCUT2D eigenvalue weighted by Crippen LogP contribution is 2.23. The van der Waals surface area contributed by atoms with Crippen LogP contribution in [0.15, 0.2) is 0 Å². The van der Waals surface area contributed by atoms with Crippen molar-refractivity contribution >= 4 is 0 Å². The Labute approximate surface area is 94.2 Å². The molecule has 0 aromatic carbocycles. The van der Waals surface area contributed by atoms with E-state index in [-0.39, 0.29) is 5.54 Å². The average molecular weight is 214 g/mol. The summed E-state index contributed by atoms with van der Waals surface area (Å²) < 4.78 is 5.59. The monoisotopic (exact) mass is 214 g/mol. The molecular formula is C12H26N2O. The van der Waals surface area contributed by atoms with Gasteiger partial charge in [0, 0.05) is 24.2 Å². The highest BCUT2D eigenvalue weighted by atomic mass is 16.5. The van der Waals surface area contributed by atoms with Gasteiger partial charge >= 0.3 is 0 Å². The van der Waals surface area contributed by atoms with E-state index in [2.05, 4.69) is 45.1 Å². The van der Waals surface area contributed by atoms with Crippen LogP contribution < -0.4 is 5.32 Å². The molecule has 1 aliphatic rings. The first kappa shape index (κ1) is 12.9. The van der Waals surface area contributed by atoms with Crippen LogP contribution >= 0.6 is 0 Å². The molecule has 0 saturated carbocycles. The first-order chi connectivity index (χ1) is 7.03. The number of likely N-dealkylation sites (N-methyl/N-ethyl adjacent to an activating group) is 2. The zero-order chi connectivity index (χ0) is 11.5. The molecule has 2 unspecified atom stereocenters. The molecular weight excluding hydrogens is 188 g/mol. The standard InChI is InChI=1S/C12H26N2O/c1-6-12(2,3)14(5)11-9-15-8-7-10(11)13-4/h10-11,13H,6-9H2,1-5H3. The van der Waals surface area contributed by atoms with Crippen LogP contribution in [0.1, 0.15) is 33.6 Å². The van der Waals surface area contributed by atoms with Crippen molar-refractivity contribution in [3.8, 4) is 0 Å². The molecule has 1 rings (SSSR count). The Morgan fingerprint density at radius 2 is 2.13 bits per heavy atom. The molecule has 0 amide bonds. The Morgan fingerprint density at radius 3 is 2.67 bits per heavy atom. The van der Waals surface area contributed by atoms with E-state index in [4.69, 9.17) is 4.74 Å². The van der Waals surface area contributed by atoms with E-state index in [1.165, 1.54) is 0 Å². The van der Waals surface area contributed by atoms with Gasteiger partial charge < -0.3 is 10.1 Å². The maximum Gasteiger partial charge on any atom is 0.0637 e. The van der Waals surface area contributed by atoms with Crippen LogP contribution in [0, 0.1) is 0 Å². The lowest BCUT2D eigenvalue weighted by molar-refractivity contribution is -0.0276. The average Bonchev–Trinajstić information content (AvgIpc) is 2.28. The molecule has 0 spiro atoms. The van der Waals surface area contributed by atoms with Crippen molar-refractivity contribution in [1.29, 1.82) is 0 Å². The molecule has 3 heteroatoms. The van der Waals surface area contributed by atoms with Gasteiger partial charge in [0.1, 0.15) is 0 Å². The summed E-state index contributed by atoms with van der Waals surface area (Å²) in [6.45, 7) is 8.59. The van der Waals surface area contributed by atoms with Crippen LogP contribution in [0.4, 0.5) is 0 Å². The predicted molar refractivity (Wildman–Crippen MR) is 64.2 cm³/mol. The topological polar surface area (TPSA) is 24.5 Å². The number of rotatable bonds is 4. The van der Waals surface area contributed by atoms with Crippen LogP contribution in [0.25, 0.3) is 0 Å². The van der Waals surface area contributed by atoms with Crippen LogP contribution in [0.2, 0.25) is 0 Å². The zero-order valence-electron chi connectivity index (χ0n) is 10.8.